The lowest BCUT2D eigenvalue weighted by molar-refractivity contribution is 0.0721. The third-order valence-electron chi connectivity index (χ3n) is 4.23. The van der Waals surface area contributed by atoms with Crippen LogP contribution in [0.4, 0.5) is 5.69 Å². The van der Waals surface area contributed by atoms with E-state index in [1.54, 1.807) is 13.3 Å². The van der Waals surface area contributed by atoms with Crippen LogP contribution in [0.1, 0.15) is 23.2 Å². The second-order valence-electron chi connectivity index (χ2n) is 5.88. The molecule has 1 atom stereocenters. The monoisotopic (exact) mass is 314 g/mol. The fourth-order valence-electron chi connectivity index (χ4n) is 3.01. The number of carbonyl (C=O) groups is 1. The van der Waals surface area contributed by atoms with E-state index in [-0.39, 0.29) is 11.9 Å². The minimum absolute atomic E-state index is 0.0164. The summed E-state index contributed by atoms with van der Waals surface area (Å²) in [5, 5.41) is 0. The van der Waals surface area contributed by atoms with Crippen molar-refractivity contribution in [3.8, 4) is 5.75 Å². The van der Waals surface area contributed by atoms with E-state index in [4.69, 9.17) is 4.74 Å². The highest BCUT2D eigenvalue weighted by Crippen LogP contribution is 2.25. The predicted molar refractivity (Wildman–Crippen MR) is 89.0 cm³/mol. The normalized spacial score (nSPS) is 18.1. The molecule has 23 heavy (non-hydrogen) atoms. The highest BCUT2D eigenvalue weighted by Gasteiger charge is 2.28. The molecule has 2 aromatic rings. The van der Waals surface area contributed by atoms with Crippen LogP contribution in [0, 0.1) is 6.92 Å². The highest BCUT2D eigenvalue weighted by atomic mass is 16.5. The first-order chi connectivity index (χ1) is 11.1. The summed E-state index contributed by atoms with van der Waals surface area (Å²) in [6, 6.07) is 8.28. The van der Waals surface area contributed by atoms with E-state index < -0.39 is 0 Å². The summed E-state index contributed by atoms with van der Waals surface area (Å²) < 4.78 is 5.30. The van der Waals surface area contributed by atoms with Crippen LogP contribution >= 0.6 is 0 Å². The molecule has 0 spiro atoms. The number of anilines is 1. The molecule has 6 nitrogen and oxygen atoms in total. The fraction of sp³-hybridized carbons (Fsp3) is 0.412. The molecule has 1 N–H and O–H groups in total. The molecule has 2 heterocycles. The van der Waals surface area contributed by atoms with E-state index in [1.165, 1.54) is 0 Å². The van der Waals surface area contributed by atoms with Crippen molar-refractivity contribution < 1.29 is 9.53 Å². The average molecular weight is 314 g/mol. The van der Waals surface area contributed by atoms with Gasteiger partial charge in [0.1, 0.15) is 17.3 Å². The zero-order valence-electron chi connectivity index (χ0n) is 13.7. The minimum Gasteiger partial charge on any atom is -0.497 e. The van der Waals surface area contributed by atoms with Gasteiger partial charge in [0, 0.05) is 37.4 Å². The van der Waals surface area contributed by atoms with Gasteiger partial charge in [-0.15, -0.1) is 0 Å². The molecule has 0 bridgehead atoms. The average Bonchev–Trinajstić information content (AvgIpc) is 3.00. The van der Waals surface area contributed by atoms with Crippen LogP contribution in [0.15, 0.2) is 30.5 Å². The largest absolute Gasteiger partial charge is 0.497 e. The van der Waals surface area contributed by atoms with Gasteiger partial charge >= 0.3 is 0 Å². The van der Waals surface area contributed by atoms with Gasteiger partial charge in [0.05, 0.1) is 13.3 Å². The molecule has 3 rings (SSSR count). The number of piperazine rings is 1. The number of nitrogens with one attached hydrogen (secondary N) is 1. The smallest absolute Gasteiger partial charge is 0.272 e. The third-order valence-corrected chi connectivity index (χ3v) is 4.23. The Morgan fingerprint density at radius 2 is 2.22 bits per heavy atom. The number of ether oxygens (including phenoxy) is 1. The molecule has 1 aliphatic rings. The Hall–Kier alpha value is -2.50. The lowest BCUT2D eigenvalue weighted by atomic mass is 10.1. The molecule has 1 unspecified atom stereocenters. The van der Waals surface area contributed by atoms with Crippen LogP contribution in [0.5, 0.6) is 5.75 Å². The van der Waals surface area contributed by atoms with Gasteiger partial charge in [-0.3, -0.25) is 4.79 Å². The number of benzene rings is 1. The van der Waals surface area contributed by atoms with Crippen molar-refractivity contribution >= 4 is 11.6 Å². The fourth-order valence-corrected chi connectivity index (χ4v) is 3.01. The van der Waals surface area contributed by atoms with E-state index in [2.05, 4.69) is 27.9 Å². The molecule has 1 fully saturated rings. The van der Waals surface area contributed by atoms with Gasteiger partial charge in [-0.1, -0.05) is 6.07 Å². The summed E-state index contributed by atoms with van der Waals surface area (Å²) in [6.07, 6.45) is 1.61. The number of imidazole rings is 1. The molecule has 1 amide bonds. The maximum absolute atomic E-state index is 12.5. The summed E-state index contributed by atoms with van der Waals surface area (Å²) in [6.45, 7) is 6.16. The number of H-pyrrole nitrogens is 1. The zero-order chi connectivity index (χ0) is 16.4. The van der Waals surface area contributed by atoms with E-state index >= 15 is 0 Å². The van der Waals surface area contributed by atoms with Crippen molar-refractivity contribution in [2.75, 3.05) is 31.6 Å². The zero-order valence-corrected chi connectivity index (χ0v) is 13.7. The number of aromatic amines is 1. The Morgan fingerprint density at radius 1 is 1.39 bits per heavy atom. The topological polar surface area (TPSA) is 61.5 Å². The van der Waals surface area contributed by atoms with Gasteiger partial charge in [0.25, 0.3) is 5.91 Å². The summed E-state index contributed by atoms with van der Waals surface area (Å²) in [7, 11) is 1.67. The Labute approximate surface area is 136 Å². The number of hydrogen-bond donors (Lipinski definition) is 1. The van der Waals surface area contributed by atoms with Crippen LogP contribution in [0.25, 0.3) is 0 Å². The van der Waals surface area contributed by atoms with Gasteiger partial charge in [0.2, 0.25) is 0 Å². The first-order valence-electron chi connectivity index (χ1n) is 7.80. The van der Waals surface area contributed by atoms with E-state index in [9.17, 15) is 4.79 Å². The summed E-state index contributed by atoms with van der Waals surface area (Å²) >= 11 is 0. The predicted octanol–water partition coefficient (Wildman–Crippen LogP) is 2.08. The number of amides is 1. The molecule has 6 heteroatoms. The van der Waals surface area contributed by atoms with Crippen molar-refractivity contribution in [3.63, 3.8) is 0 Å². The molecule has 1 aromatic carbocycles. The van der Waals surface area contributed by atoms with Crippen LogP contribution in [0.3, 0.4) is 0 Å². The second-order valence-corrected chi connectivity index (χ2v) is 5.88. The summed E-state index contributed by atoms with van der Waals surface area (Å²) in [4.78, 5) is 23.8. The Morgan fingerprint density at radius 3 is 2.87 bits per heavy atom. The number of aryl methyl sites for hydroxylation is 1. The van der Waals surface area contributed by atoms with Crippen molar-refractivity contribution in [2.45, 2.75) is 19.9 Å². The molecule has 0 radical (unpaired) electrons. The van der Waals surface area contributed by atoms with Crippen LogP contribution in [-0.4, -0.2) is 53.6 Å². The van der Waals surface area contributed by atoms with Crippen LogP contribution in [-0.2, 0) is 0 Å². The molecule has 0 saturated carbocycles. The Bertz CT molecular complexity index is 697. The van der Waals surface area contributed by atoms with Crippen LogP contribution < -0.4 is 9.64 Å². The number of methoxy groups -OCH3 is 1. The van der Waals surface area contributed by atoms with Crippen molar-refractivity contribution in [1.29, 1.82) is 0 Å². The quantitative estimate of drug-likeness (QED) is 0.942. The van der Waals surface area contributed by atoms with Gasteiger partial charge < -0.3 is 19.5 Å². The maximum Gasteiger partial charge on any atom is 0.272 e. The van der Waals surface area contributed by atoms with Crippen molar-refractivity contribution in [2.24, 2.45) is 0 Å². The minimum atomic E-state index is 0.0164. The molecule has 122 valence electrons. The third kappa shape index (κ3) is 3.16. The van der Waals surface area contributed by atoms with Gasteiger partial charge in [-0.25, -0.2) is 4.98 Å². The van der Waals surface area contributed by atoms with E-state index in [0.717, 1.165) is 23.8 Å². The maximum atomic E-state index is 12.5. The number of nitrogens with zero attached hydrogens (tertiary/aromatic N) is 3. The number of carbonyl (C=O) groups excluding carboxylic acids is 1. The van der Waals surface area contributed by atoms with Crippen molar-refractivity contribution in [1.82, 2.24) is 14.9 Å². The number of rotatable bonds is 3. The summed E-state index contributed by atoms with van der Waals surface area (Å²) in [5.41, 5.74) is 1.69. The number of aromatic nitrogens is 2. The lowest BCUT2D eigenvalue weighted by Crippen LogP contribution is -2.53. The van der Waals surface area contributed by atoms with E-state index in [0.29, 0.717) is 18.8 Å². The Kier molecular flexibility index (Phi) is 4.23. The van der Waals surface area contributed by atoms with Gasteiger partial charge in [-0.2, -0.15) is 0 Å². The lowest BCUT2D eigenvalue weighted by Gasteiger charge is -2.41. The van der Waals surface area contributed by atoms with E-state index in [1.807, 2.05) is 30.0 Å². The first-order valence-corrected chi connectivity index (χ1v) is 7.80. The van der Waals surface area contributed by atoms with Gasteiger partial charge in [-0.05, 0) is 26.0 Å². The molecule has 0 aliphatic carbocycles. The van der Waals surface area contributed by atoms with Gasteiger partial charge in [0.15, 0.2) is 0 Å². The second kappa shape index (κ2) is 6.32. The first kappa shape index (κ1) is 15.4. The van der Waals surface area contributed by atoms with Crippen molar-refractivity contribution in [3.05, 3.63) is 42.0 Å². The molecule has 1 aliphatic heterocycles. The van der Waals surface area contributed by atoms with Crippen LogP contribution in [0.2, 0.25) is 0 Å². The standard InChI is InChI=1S/C17H22N4O2/c1-12-11-20(17(22)16-10-18-13(2)19-16)7-8-21(12)14-5-4-6-15(9-14)23-3/h4-6,9-10,12H,7-8,11H2,1-3H3,(H,18,19). The SMILES string of the molecule is COc1cccc(N2CCN(C(=O)c3cnc(C)[nH]3)CC2C)c1. The highest BCUT2D eigenvalue weighted by molar-refractivity contribution is 5.92. The molecule has 1 saturated heterocycles. The molecule has 1 aromatic heterocycles. The molecular formula is C17H22N4O2. The molecular weight excluding hydrogens is 292 g/mol. The summed E-state index contributed by atoms with van der Waals surface area (Å²) in [5.74, 6) is 1.63. The number of hydrogen-bond acceptors (Lipinski definition) is 4. The Balaban J connectivity index is 1.70.